The van der Waals surface area contributed by atoms with Gasteiger partial charge in [0.25, 0.3) is 0 Å². The fraction of sp³-hybridized carbons (Fsp3) is 0.429. The van der Waals surface area contributed by atoms with Gasteiger partial charge in [0.1, 0.15) is 5.75 Å². The largest absolute Gasteiger partial charge is 0.508 e. The molecule has 1 aliphatic heterocycles. The van der Waals surface area contributed by atoms with E-state index >= 15 is 0 Å². The van der Waals surface area contributed by atoms with Crippen molar-refractivity contribution in [2.45, 2.75) is 44.7 Å². The Balaban J connectivity index is 1.67. The van der Waals surface area contributed by atoms with Crippen LogP contribution >= 0.6 is 0 Å². The second-order valence-electron chi connectivity index (χ2n) is 7.53. The molecule has 3 atom stereocenters. The number of rotatable bonds is 2. The summed E-state index contributed by atoms with van der Waals surface area (Å²) >= 11 is 0. The van der Waals surface area contributed by atoms with Gasteiger partial charge in [-0.3, -0.25) is 4.90 Å². The van der Waals surface area contributed by atoms with Gasteiger partial charge in [0.15, 0.2) is 0 Å². The number of piperidine rings is 1. The van der Waals surface area contributed by atoms with E-state index in [4.69, 9.17) is 0 Å². The molecule has 0 aromatic heterocycles. The molecule has 1 saturated heterocycles. The highest BCUT2D eigenvalue weighted by Crippen LogP contribution is 2.49. The zero-order valence-electron chi connectivity index (χ0n) is 14.0. The number of phenolic OH excluding ortho intramolecular Hbond substituents is 1. The number of phenols is 1. The van der Waals surface area contributed by atoms with Crippen molar-refractivity contribution in [1.29, 1.82) is 0 Å². The number of hydrogen-bond donors (Lipinski definition) is 1. The molecular weight excluding hydrogens is 282 g/mol. The van der Waals surface area contributed by atoms with Gasteiger partial charge in [-0.15, -0.1) is 0 Å². The van der Waals surface area contributed by atoms with Crippen LogP contribution in [0.3, 0.4) is 0 Å². The molecule has 1 heterocycles. The van der Waals surface area contributed by atoms with E-state index in [2.05, 4.69) is 55.1 Å². The molecule has 120 valence electrons. The maximum absolute atomic E-state index is 9.92. The summed E-state index contributed by atoms with van der Waals surface area (Å²) in [5.41, 5.74) is 4.39. The lowest BCUT2D eigenvalue weighted by atomic mass is 9.59. The second kappa shape index (κ2) is 5.38. The van der Waals surface area contributed by atoms with Crippen LogP contribution in [-0.2, 0) is 18.4 Å². The summed E-state index contributed by atoms with van der Waals surface area (Å²) in [6.45, 7) is 6.96. The first kappa shape index (κ1) is 14.8. The molecule has 23 heavy (non-hydrogen) atoms. The van der Waals surface area contributed by atoms with Crippen molar-refractivity contribution in [2.75, 3.05) is 6.54 Å². The first-order chi connectivity index (χ1) is 11.1. The average Bonchev–Trinajstić information content (AvgIpc) is 2.55. The van der Waals surface area contributed by atoms with Gasteiger partial charge in [0, 0.05) is 12.6 Å². The van der Waals surface area contributed by atoms with Gasteiger partial charge >= 0.3 is 0 Å². The SMILES string of the molecule is CC1[C@@H]2Cc3ccc(O)cc3[C@]1(C)CCN2Cc1ccccc1. The number of aromatic hydroxyl groups is 1. The molecule has 2 aromatic carbocycles. The van der Waals surface area contributed by atoms with E-state index in [9.17, 15) is 5.11 Å². The summed E-state index contributed by atoms with van der Waals surface area (Å²) in [6.07, 6.45) is 2.26. The lowest BCUT2D eigenvalue weighted by molar-refractivity contribution is 0.0258. The lowest BCUT2D eigenvalue weighted by Gasteiger charge is -2.54. The fourth-order valence-corrected chi connectivity index (χ4v) is 4.71. The molecule has 2 nitrogen and oxygen atoms in total. The third kappa shape index (κ3) is 2.36. The molecule has 4 rings (SSSR count). The van der Waals surface area contributed by atoms with Crippen LogP contribution in [0.4, 0.5) is 0 Å². The second-order valence-corrected chi connectivity index (χ2v) is 7.53. The monoisotopic (exact) mass is 307 g/mol. The van der Waals surface area contributed by atoms with E-state index < -0.39 is 0 Å². The molecule has 1 N–H and O–H groups in total. The Morgan fingerprint density at radius 2 is 1.96 bits per heavy atom. The van der Waals surface area contributed by atoms with E-state index in [0.717, 1.165) is 25.9 Å². The standard InChI is InChI=1S/C21H25NO/c1-15-20-12-17-8-9-18(23)13-19(17)21(15,2)10-11-22(20)14-16-6-4-3-5-7-16/h3-9,13,15,20,23H,10-12,14H2,1-2H3/t15?,20-,21+/m0/s1. The van der Waals surface area contributed by atoms with E-state index in [1.54, 1.807) is 0 Å². The quantitative estimate of drug-likeness (QED) is 0.902. The molecule has 0 radical (unpaired) electrons. The predicted molar refractivity (Wildman–Crippen MR) is 93.6 cm³/mol. The molecule has 0 saturated carbocycles. The zero-order valence-corrected chi connectivity index (χ0v) is 14.0. The zero-order chi connectivity index (χ0) is 16.0. The van der Waals surface area contributed by atoms with Gasteiger partial charge in [0.2, 0.25) is 0 Å². The van der Waals surface area contributed by atoms with Crippen molar-refractivity contribution in [2.24, 2.45) is 5.92 Å². The van der Waals surface area contributed by atoms with E-state index in [1.807, 2.05) is 12.1 Å². The molecule has 1 fully saturated rings. The van der Waals surface area contributed by atoms with Crippen LogP contribution in [0.15, 0.2) is 48.5 Å². The molecule has 1 aliphatic carbocycles. The van der Waals surface area contributed by atoms with Crippen molar-refractivity contribution in [3.8, 4) is 5.75 Å². The molecule has 2 aromatic rings. The number of fused-ring (bicyclic) bond motifs is 4. The smallest absolute Gasteiger partial charge is 0.115 e. The Labute approximate surface area is 138 Å². The third-order valence-electron chi connectivity index (χ3n) is 6.34. The Kier molecular flexibility index (Phi) is 3.46. The highest BCUT2D eigenvalue weighted by atomic mass is 16.3. The highest BCUT2D eigenvalue weighted by Gasteiger charge is 2.48. The van der Waals surface area contributed by atoms with Gasteiger partial charge in [-0.05, 0) is 59.5 Å². The van der Waals surface area contributed by atoms with Gasteiger partial charge in [-0.2, -0.15) is 0 Å². The van der Waals surface area contributed by atoms with Crippen LogP contribution in [-0.4, -0.2) is 22.6 Å². The van der Waals surface area contributed by atoms with Gasteiger partial charge in [0.05, 0.1) is 0 Å². The molecule has 0 spiro atoms. The summed E-state index contributed by atoms with van der Waals surface area (Å²) < 4.78 is 0. The van der Waals surface area contributed by atoms with Gasteiger partial charge in [-0.1, -0.05) is 50.2 Å². The van der Waals surface area contributed by atoms with Crippen LogP contribution in [0.1, 0.15) is 37.0 Å². The number of likely N-dealkylation sites (tertiary alicyclic amines) is 1. The first-order valence-electron chi connectivity index (χ1n) is 8.68. The molecular formula is C21H25NO. The third-order valence-corrected chi connectivity index (χ3v) is 6.34. The molecule has 2 aliphatic rings. The predicted octanol–water partition coefficient (Wildman–Crippen LogP) is 4.12. The van der Waals surface area contributed by atoms with Crippen LogP contribution in [0.2, 0.25) is 0 Å². The van der Waals surface area contributed by atoms with Gasteiger partial charge in [-0.25, -0.2) is 0 Å². The Morgan fingerprint density at radius 3 is 2.74 bits per heavy atom. The molecule has 2 heteroatoms. The van der Waals surface area contributed by atoms with Crippen molar-refractivity contribution >= 4 is 0 Å². The van der Waals surface area contributed by atoms with Crippen molar-refractivity contribution in [1.82, 2.24) is 4.90 Å². The molecule has 0 amide bonds. The van der Waals surface area contributed by atoms with Crippen LogP contribution in [0.5, 0.6) is 5.75 Å². The van der Waals surface area contributed by atoms with Crippen LogP contribution in [0.25, 0.3) is 0 Å². The van der Waals surface area contributed by atoms with Crippen LogP contribution < -0.4 is 0 Å². The van der Waals surface area contributed by atoms with Crippen LogP contribution in [0, 0.1) is 5.92 Å². The van der Waals surface area contributed by atoms with E-state index in [0.29, 0.717) is 17.7 Å². The van der Waals surface area contributed by atoms with Crippen molar-refractivity contribution in [3.05, 3.63) is 65.2 Å². The lowest BCUT2D eigenvalue weighted by Crippen LogP contribution is -2.57. The number of nitrogens with zero attached hydrogens (tertiary/aromatic N) is 1. The van der Waals surface area contributed by atoms with Crippen molar-refractivity contribution in [3.63, 3.8) is 0 Å². The number of benzene rings is 2. The molecule has 1 unspecified atom stereocenters. The maximum atomic E-state index is 9.92. The summed E-state index contributed by atoms with van der Waals surface area (Å²) in [6, 6.07) is 17.4. The Morgan fingerprint density at radius 1 is 1.17 bits per heavy atom. The van der Waals surface area contributed by atoms with E-state index in [1.165, 1.54) is 16.7 Å². The van der Waals surface area contributed by atoms with Gasteiger partial charge < -0.3 is 5.11 Å². The summed E-state index contributed by atoms with van der Waals surface area (Å²) in [5.74, 6) is 1.01. The fourth-order valence-electron chi connectivity index (χ4n) is 4.71. The minimum Gasteiger partial charge on any atom is -0.508 e. The van der Waals surface area contributed by atoms with Crippen molar-refractivity contribution < 1.29 is 5.11 Å². The average molecular weight is 307 g/mol. The maximum Gasteiger partial charge on any atom is 0.115 e. The normalized spacial score (nSPS) is 30.0. The van der Waals surface area contributed by atoms with E-state index in [-0.39, 0.29) is 5.41 Å². The summed E-state index contributed by atoms with van der Waals surface area (Å²) in [5, 5.41) is 9.92. The Bertz CT molecular complexity index is 711. The Hall–Kier alpha value is -1.80. The molecule has 2 bridgehead atoms. The summed E-state index contributed by atoms with van der Waals surface area (Å²) in [7, 11) is 0. The first-order valence-corrected chi connectivity index (χ1v) is 8.68. The topological polar surface area (TPSA) is 23.5 Å². The highest BCUT2D eigenvalue weighted by molar-refractivity contribution is 5.44. The minimum atomic E-state index is 0.185. The summed E-state index contributed by atoms with van der Waals surface area (Å²) in [4.78, 5) is 2.66. The number of hydrogen-bond acceptors (Lipinski definition) is 2. The minimum absolute atomic E-state index is 0.185.